The number of hydrogen-bond acceptors (Lipinski definition) is 3. The van der Waals surface area contributed by atoms with Crippen molar-refractivity contribution in [1.29, 1.82) is 0 Å². The van der Waals surface area contributed by atoms with Crippen LogP contribution in [0, 0.1) is 0 Å². The van der Waals surface area contributed by atoms with Crippen molar-refractivity contribution in [1.82, 2.24) is 5.32 Å². The Balaban J connectivity index is 1.68. The van der Waals surface area contributed by atoms with Crippen LogP contribution in [0.25, 0.3) is 11.1 Å². The Morgan fingerprint density at radius 3 is 2.24 bits per heavy atom. The van der Waals surface area contributed by atoms with E-state index in [2.05, 4.69) is 15.4 Å². The van der Waals surface area contributed by atoms with Gasteiger partial charge in [0.25, 0.3) is 0 Å². The summed E-state index contributed by atoms with van der Waals surface area (Å²) in [5.41, 5.74) is 2.31. The number of halogens is 4. The fourth-order valence-corrected chi connectivity index (χ4v) is 3.89. The number of ether oxygens (including phenoxy) is 1. The Morgan fingerprint density at radius 2 is 1.65 bits per heavy atom. The maximum Gasteiger partial charge on any atom is 0.387 e. The first kappa shape index (κ1) is 25.3. The molecule has 6 nitrogen and oxygen atoms in total. The lowest BCUT2D eigenvalue weighted by atomic mass is 10.0. The molecule has 3 aromatic carbocycles. The predicted molar refractivity (Wildman–Crippen MR) is 127 cm³/mol. The Bertz CT molecular complexity index is 1170. The van der Waals surface area contributed by atoms with Gasteiger partial charge in [0, 0.05) is 23.4 Å². The summed E-state index contributed by atoms with van der Waals surface area (Å²) in [7, 11) is 0. The van der Waals surface area contributed by atoms with Gasteiger partial charge in [-0.05, 0) is 36.2 Å². The molecule has 0 aliphatic carbocycles. The van der Waals surface area contributed by atoms with Gasteiger partial charge in [-0.25, -0.2) is 4.79 Å². The molecule has 0 saturated carbocycles. The van der Waals surface area contributed by atoms with E-state index in [0.717, 1.165) is 5.56 Å². The fraction of sp³-hybridized carbons (Fsp3) is 0.167. The molecule has 0 bridgehead atoms. The van der Waals surface area contributed by atoms with Crippen LogP contribution in [-0.4, -0.2) is 23.7 Å². The molecule has 178 valence electrons. The number of benzene rings is 3. The highest BCUT2D eigenvalue weighted by molar-refractivity contribution is 6.40. The van der Waals surface area contributed by atoms with E-state index >= 15 is 0 Å². The number of aliphatic carboxylic acids is 1. The lowest BCUT2D eigenvalue weighted by Gasteiger charge is -2.15. The standard InChI is InChI=1S/C24H20Cl2F2N2O4/c1-13(22(31)32)15-8-6-14(7-9-15)12-29-24(33)30-16-10-18(25)21(19(26)11-16)17-4-2-3-5-20(17)34-23(27)28/h2-11,13,23H,12H2,1H3,(H,31,32)(H2,29,30,33). The van der Waals surface area contributed by atoms with Gasteiger partial charge in [-0.15, -0.1) is 0 Å². The van der Waals surface area contributed by atoms with E-state index in [9.17, 15) is 18.4 Å². The summed E-state index contributed by atoms with van der Waals surface area (Å²) in [6.07, 6.45) is 0. The molecule has 3 N–H and O–H groups in total. The Hall–Kier alpha value is -3.36. The van der Waals surface area contributed by atoms with Crippen molar-refractivity contribution in [2.24, 2.45) is 0 Å². The van der Waals surface area contributed by atoms with Gasteiger partial charge in [0.1, 0.15) is 5.75 Å². The lowest BCUT2D eigenvalue weighted by molar-refractivity contribution is -0.138. The lowest BCUT2D eigenvalue weighted by Crippen LogP contribution is -2.28. The molecule has 0 aliphatic rings. The van der Waals surface area contributed by atoms with Crippen LogP contribution < -0.4 is 15.4 Å². The number of amides is 2. The second kappa shape index (κ2) is 11.2. The summed E-state index contributed by atoms with van der Waals surface area (Å²) < 4.78 is 30.0. The number of carboxylic acid groups (broad SMARTS) is 1. The molecule has 2 amide bonds. The highest BCUT2D eigenvalue weighted by atomic mass is 35.5. The van der Waals surface area contributed by atoms with Gasteiger partial charge in [-0.3, -0.25) is 4.79 Å². The average molecular weight is 509 g/mol. The first-order valence-corrected chi connectivity index (χ1v) is 10.8. The SMILES string of the molecule is CC(C(=O)O)c1ccc(CNC(=O)Nc2cc(Cl)c(-c3ccccc3OC(F)F)c(Cl)c2)cc1. The highest BCUT2D eigenvalue weighted by Crippen LogP contribution is 2.41. The summed E-state index contributed by atoms with van der Waals surface area (Å²) in [5.74, 6) is -1.63. The smallest absolute Gasteiger partial charge is 0.387 e. The summed E-state index contributed by atoms with van der Waals surface area (Å²) in [5, 5.41) is 14.6. The Labute approximate surface area is 204 Å². The maximum absolute atomic E-state index is 12.7. The van der Waals surface area contributed by atoms with Crippen molar-refractivity contribution in [2.75, 3.05) is 5.32 Å². The van der Waals surface area contributed by atoms with Crippen LogP contribution in [0.2, 0.25) is 10.0 Å². The van der Waals surface area contributed by atoms with Crippen molar-refractivity contribution >= 4 is 40.9 Å². The first-order valence-electron chi connectivity index (χ1n) is 10.1. The molecule has 0 radical (unpaired) electrons. The second-order valence-corrected chi connectivity index (χ2v) is 8.11. The minimum Gasteiger partial charge on any atom is -0.481 e. The number of urea groups is 1. The third kappa shape index (κ3) is 6.36. The third-order valence-corrected chi connectivity index (χ3v) is 5.57. The topological polar surface area (TPSA) is 87.7 Å². The van der Waals surface area contributed by atoms with Crippen LogP contribution in [0.3, 0.4) is 0 Å². The van der Waals surface area contributed by atoms with E-state index in [1.54, 1.807) is 49.4 Å². The highest BCUT2D eigenvalue weighted by Gasteiger charge is 2.18. The predicted octanol–water partition coefficient (Wildman–Crippen LogP) is 6.77. The molecule has 10 heteroatoms. The third-order valence-electron chi connectivity index (χ3n) is 4.98. The minimum atomic E-state index is -3.01. The van der Waals surface area contributed by atoms with Crippen LogP contribution in [0.5, 0.6) is 5.75 Å². The number of alkyl halides is 2. The Morgan fingerprint density at radius 1 is 1.03 bits per heavy atom. The summed E-state index contributed by atoms with van der Waals surface area (Å²) >= 11 is 12.7. The molecule has 0 saturated heterocycles. The largest absolute Gasteiger partial charge is 0.481 e. The number of rotatable bonds is 8. The summed E-state index contributed by atoms with van der Waals surface area (Å²) in [6, 6.07) is 15.3. The molecule has 0 aromatic heterocycles. The summed E-state index contributed by atoms with van der Waals surface area (Å²) in [4.78, 5) is 23.4. The van der Waals surface area contributed by atoms with Crippen LogP contribution in [0.15, 0.2) is 60.7 Å². The number of anilines is 1. The zero-order chi connectivity index (χ0) is 24.8. The van der Waals surface area contributed by atoms with Crippen molar-refractivity contribution in [3.05, 3.63) is 81.8 Å². The molecular formula is C24H20Cl2F2N2O4. The van der Waals surface area contributed by atoms with Gasteiger partial charge < -0.3 is 20.5 Å². The van der Waals surface area contributed by atoms with Gasteiger partial charge in [-0.1, -0.05) is 65.7 Å². The van der Waals surface area contributed by atoms with Crippen molar-refractivity contribution < 1.29 is 28.2 Å². The molecule has 3 aromatic rings. The molecule has 3 rings (SSSR count). The molecule has 34 heavy (non-hydrogen) atoms. The molecule has 0 heterocycles. The fourth-order valence-electron chi connectivity index (χ4n) is 3.20. The van der Waals surface area contributed by atoms with E-state index in [1.807, 2.05) is 0 Å². The number of carboxylic acids is 1. The van der Waals surface area contributed by atoms with Gasteiger partial charge in [0.15, 0.2) is 0 Å². The quantitative estimate of drug-likeness (QED) is 0.313. The first-order chi connectivity index (χ1) is 16.2. The van der Waals surface area contributed by atoms with Crippen LogP contribution >= 0.6 is 23.2 Å². The van der Waals surface area contributed by atoms with Gasteiger partial charge >= 0.3 is 18.6 Å². The normalized spacial score (nSPS) is 11.7. The zero-order valence-corrected chi connectivity index (χ0v) is 19.3. The Kier molecular flexibility index (Phi) is 8.31. The van der Waals surface area contributed by atoms with Gasteiger partial charge in [0.2, 0.25) is 0 Å². The number of para-hydroxylation sites is 1. The van der Waals surface area contributed by atoms with Crippen molar-refractivity contribution in [3.63, 3.8) is 0 Å². The monoisotopic (exact) mass is 508 g/mol. The van der Waals surface area contributed by atoms with Crippen molar-refractivity contribution in [3.8, 4) is 16.9 Å². The van der Waals surface area contributed by atoms with Crippen LogP contribution in [-0.2, 0) is 11.3 Å². The number of carbonyl (C=O) groups is 2. The van der Waals surface area contributed by atoms with E-state index in [0.29, 0.717) is 16.8 Å². The van der Waals surface area contributed by atoms with E-state index in [-0.39, 0.29) is 27.9 Å². The maximum atomic E-state index is 12.7. The molecular weight excluding hydrogens is 489 g/mol. The molecule has 1 atom stereocenters. The molecule has 0 fully saturated rings. The van der Waals surface area contributed by atoms with Crippen LogP contribution in [0.4, 0.5) is 19.3 Å². The molecule has 1 unspecified atom stereocenters. The average Bonchev–Trinajstić information content (AvgIpc) is 2.78. The van der Waals surface area contributed by atoms with E-state index in [1.165, 1.54) is 18.2 Å². The number of hydrogen-bond donors (Lipinski definition) is 3. The number of nitrogens with one attached hydrogen (secondary N) is 2. The van der Waals surface area contributed by atoms with E-state index in [4.69, 9.17) is 28.3 Å². The van der Waals surface area contributed by atoms with Gasteiger partial charge in [-0.2, -0.15) is 8.78 Å². The number of carbonyl (C=O) groups excluding carboxylic acids is 1. The van der Waals surface area contributed by atoms with Crippen molar-refractivity contribution in [2.45, 2.75) is 26.0 Å². The van der Waals surface area contributed by atoms with E-state index < -0.39 is 24.5 Å². The second-order valence-electron chi connectivity index (χ2n) is 7.30. The zero-order valence-electron chi connectivity index (χ0n) is 17.8. The molecule has 0 spiro atoms. The van der Waals surface area contributed by atoms with Crippen LogP contribution in [0.1, 0.15) is 24.0 Å². The summed E-state index contributed by atoms with van der Waals surface area (Å²) in [6.45, 7) is -1.22. The minimum absolute atomic E-state index is 0.0801. The molecule has 0 aliphatic heterocycles. The van der Waals surface area contributed by atoms with Gasteiger partial charge in [0.05, 0.1) is 16.0 Å².